The van der Waals surface area contributed by atoms with Crippen LogP contribution in [0.2, 0.25) is 0 Å². The average molecular weight is 406 g/mol. The van der Waals surface area contributed by atoms with E-state index in [1.807, 2.05) is 55.6 Å². The fourth-order valence-corrected chi connectivity index (χ4v) is 3.35. The Morgan fingerprint density at radius 2 is 1.73 bits per heavy atom. The lowest BCUT2D eigenvalue weighted by atomic mass is 10.0. The van der Waals surface area contributed by atoms with Gasteiger partial charge in [-0.1, -0.05) is 54.6 Å². The molecule has 0 aliphatic carbocycles. The van der Waals surface area contributed by atoms with E-state index in [1.165, 1.54) is 0 Å². The summed E-state index contributed by atoms with van der Waals surface area (Å²) < 4.78 is 8.06. The molecule has 0 fully saturated rings. The van der Waals surface area contributed by atoms with Crippen molar-refractivity contribution in [1.29, 1.82) is 0 Å². The number of aromatic nitrogens is 2. The van der Waals surface area contributed by atoms with Gasteiger partial charge in [-0.15, -0.1) is 6.58 Å². The first-order chi connectivity index (χ1) is 14.3. The van der Waals surface area contributed by atoms with Crippen LogP contribution in [0.25, 0.3) is 11.3 Å². The summed E-state index contributed by atoms with van der Waals surface area (Å²) in [4.78, 5) is 2.21. The van der Waals surface area contributed by atoms with E-state index in [-0.39, 0.29) is 6.04 Å². The van der Waals surface area contributed by atoms with Crippen LogP contribution in [0, 0.1) is 0 Å². The largest absolute Gasteiger partial charge is 0.439 e. The van der Waals surface area contributed by atoms with Gasteiger partial charge in [-0.05, 0) is 32.9 Å². The van der Waals surface area contributed by atoms with E-state index in [0.717, 1.165) is 22.6 Å². The van der Waals surface area contributed by atoms with E-state index in [2.05, 4.69) is 37.5 Å². The second-order valence-corrected chi connectivity index (χ2v) is 8.10. The Morgan fingerprint density at radius 1 is 1.13 bits per heavy atom. The second-order valence-electron chi connectivity index (χ2n) is 8.10. The molecular formula is C25H31N3O2. The van der Waals surface area contributed by atoms with Gasteiger partial charge in [-0.3, -0.25) is 4.90 Å². The molecule has 0 amide bonds. The molecule has 5 nitrogen and oxygen atoms in total. The molecular weight excluding hydrogens is 374 g/mol. The summed E-state index contributed by atoms with van der Waals surface area (Å²) in [6.45, 7) is 10.8. The Morgan fingerprint density at radius 3 is 2.30 bits per heavy atom. The number of aryl methyl sites for hydroxylation is 1. The zero-order valence-corrected chi connectivity index (χ0v) is 18.2. The van der Waals surface area contributed by atoms with Crippen molar-refractivity contribution in [2.75, 3.05) is 6.54 Å². The number of benzene rings is 2. The van der Waals surface area contributed by atoms with Crippen LogP contribution < -0.4 is 4.74 Å². The summed E-state index contributed by atoms with van der Waals surface area (Å²) in [5.74, 6) is 1.46. The number of hydrogen-bond acceptors (Lipinski definition) is 4. The number of rotatable bonds is 9. The quantitative estimate of drug-likeness (QED) is 0.508. The maximum absolute atomic E-state index is 10.6. The minimum atomic E-state index is -0.986. The monoisotopic (exact) mass is 405 g/mol. The minimum absolute atomic E-state index is 0.213. The molecule has 1 heterocycles. The molecule has 0 spiro atoms. The lowest BCUT2D eigenvalue weighted by molar-refractivity contribution is 0.0455. The van der Waals surface area contributed by atoms with E-state index in [4.69, 9.17) is 9.84 Å². The third-order valence-corrected chi connectivity index (χ3v) is 5.15. The highest BCUT2D eigenvalue weighted by molar-refractivity contribution is 5.65. The van der Waals surface area contributed by atoms with Crippen LogP contribution in [0.15, 0.2) is 73.3 Å². The summed E-state index contributed by atoms with van der Waals surface area (Å²) >= 11 is 0. The van der Waals surface area contributed by atoms with Crippen LogP contribution in [0.3, 0.4) is 0 Å². The number of hydrogen-bond donors (Lipinski definition) is 1. The minimum Gasteiger partial charge on any atom is -0.439 e. The summed E-state index contributed by atoms with van der Waals surface area (Å²) in [6, 6.07) is 20.1. The standard InChI is InChI=1S/C25H31N3O2/c1-6-25(4,29)18-28(19(2)3)17-22-23(20-13-9-7-10-14-20)26-27(5)24(22)30-21-15-11-8-12-16-21/h6-16,19,29H,1,17-18H2,2-5H3. The summed E-state index contributed by atoms with van der Waals surface area (Å²) in [5, 5.41) is 15.4. The maximum Gasteiger partial charge on any atom is 0.222 e. The van der Waals surface area contributed by atoms with Crippen LogP contribution in [-0.4, -0.2) is 38.0 Å². The summed E-state index contributed by atoms with van der Waals surface area (Å²) in [5.41, 5.74) is 1.92. The molecule has 1 N–H and O–H groups in total. The van der Waals surface area contributed by atoms with Gasteiger partial charge in [0.2, 0.25) is 5.88 Å². The molecule has 0 aliphatic heterocycles. The lowest BCUT2D eigenvalue weighted by Gasteiger charge is -2.32. The molecule has 1 aromatic heterocycles. The molecule has 2 aromatic carbocycles. The predicted octanol–water partition coefficient (Wildman–Crippen LogP) is 5.03. The summed E-state index contributed by atoms with van der Waals surface area (Å²) in [7, 11) is 1.90. The van der Waals surface area contributed by atoms with E-state index < -0.39 is 5.60 Å². The highest BCUT2D eigenvalue weighted by Crippen LogP contribution is 2.34. The van der Waals surface area contributed by atoms with Gasteiger partial charge < -0.3 is 9.84 Å². The van der Waals surface area contributed by atoms with Gasteiger partial charge in [-0.25, -0.2) is 4.68 Å². The fourth-order valence-electron chi connectivity index (χ4n) is 3.35. The number of aliphatic hydroxyl groups is 1. The van der Waals surface area contributed by atoms with E-state index in [0.29, 0.717) is 19.0 Å². The zero-order chi connectivity index (χ0) is 21.7. The highest BCUT2D eigenvalue weighted by Gasteiger charge is 2.27. The Bertz CT molecular complexity index is 963. The Kier molecular flexibility index (Phi) is 6.75. The van der Waals surface area contributed by atoms with Crippen LogP contribution in [-0.2, 0) is 13.6 Å². The normalized spacial score (nSPS) is 13.4. The van der Waals surface area contributed by atoms with Crippen molar-refractivity contribution in [3.05, 3.63) is 78.9 Å². The molecule has 3 rings (SSSR count). The Hall–Kier alpha value is -2.89. The molecule has 0 bridgehead atoms. The van der Waals surface area contributed by atoms with Crippen molar-refractivity contribution in [1.82, 2.24) is 14.7 Å². The molecule has 0 saturated heterocycles. The molecule has 0 aliphatic rings. The van der Waals surface area contributed by atoms with Gasteiger partial charge in [-0.2, -0.15) is 5.10 Å². The maximum atomic E-state index is 10.6. The van der Waals surface area contributed by atoms with Crippen molar-refractivity contribution in [3.63, 3.8) is 0 Å². The third kappa shape index (κ3) is 5.17. The van der Waals surface area contributed by atoms with Crippen molar-refractivity contribution in [2.45, 2.75) is 39.0 Å². The molecule has 5 heteroatoms. The van der Waals surface area contributed by atoms with E-state index in [9.17, 15) is 5.11 Å². The van der Waals surface area contributed by atoms with Gasteiger partial charge in [0, 0.05) is 31.7 Å². The average Bonchev–Trinajstić information content (AvgIpc) is 3.04. The predicted molar refractivity (Wildman–Crippen MR) is 122 cm³/mol. The number of ether oxygens (including phenoxy) is 1. The zero-order valence-electron chi connectivity index (χ0n) is 18.2. The van der Waals surface area contributed by atoms with Gasteiger partial charge in [0.1, 0.15) is 11.4 Å². The first kappa shape index (κ1) is 21.8. The van der Waals surface area contributed by atoms with E-state index in [1.54, 1.807) is 17.7 Å². The molecule has 0 saturated carbocycles. The first-order valence-corrected chi connectivity index (χ1v) is 10.2. The molecule has 30 heavy (non-hydrogen) atoms. The van der Waals surface area contributed by atoms with Crippen LogP contribution in [0.5, 0.6) is 11.6 Å². The van der Waals surface area contributed by atoms with Crippen molar-refractivity contribution in [3.8, 4) is 22.9 Å². The number of para-hydroxylation sites is 1. The number of nitrogens with zero attached hydrogens (tertiary/aromatic N) is 3. The fraction of sp³-hybridized carbons (Fsp3) is 0.320. The van der Waals surface area contributed by atoms with Crippen LogP contribution >= 0.6 is 0 Å². The van der Waals surface area contributed by atoms with Crippen LogP contribution in [0.1, 0.15) is 26.3 Å². The Balaban J connectivity index is 2.05. The van der Waals surface area contributed by atoms with Gasteiger partial charge >= 0.3 is 0 Å². The first-order valence-electron chi connectivity index (χ1n) is 10.2. The smallest absolute Gasteiger partial charge is 0.222 e. The summed E-state index contributed by atoms with van der Waals surface area (Å²) in [6.07, 6.45) is 1.59. The molecule has 3 aromatic rings. The molecule has 158 valence electrons. The third-order valence-electron chi connectivity index (χ3n) is 5.15. The van der Waals surface area contributed by atoms with Crippen molar-refractivity contribution >= 4 is 0 Å². The van der Waals surface area contributed by atoms with Crippen molar-refractivity contribution in [2.24, 2.45) is 7.05 Å². The van der Waals surface area contributed by atoms with Crippen molar-refractivity contribution < 1.29 is 9.84 Å². The van der Waals surface area contributed by atoms with Gasteiger partial charge in [0.15, 0.2) is 0 Å². The van der Waals surface area contributed by atoms with Gasteiger partial charge in [0.05, 0.1) is 11.2 Å². The molecule has 0 radical (unpaired) electrons. The van der Waals surface area contributed by atoms with E-state index >= 15 is 0 Å². The molecule has 1 atom stereocenters. The highest BCUT2D eigenvalue weighted by atomic mass is 16.5. The van der Waals surface area contributed by atoms with Crippen LogP contribution in [0.4, 0.5) is 0 Å². The topological polar surface area (TPSA) is 50.5 Å². The SMILES string of the molecule is C=CC(C)(O)CN(Cc1c(-c2ccccc2)nn(C)c1Oc1ccccc1)C(C)C. The second kappa shape index (κ2) is 9.28. The Labute approximate surface area is 179 Å². The molecule has 1 unspecified atom stereocenters. The van der Waals surface area contributed by atoms with Gasteiger partial charge in [0.25, 0.3) is 0 Å². The lowest BCUT2D eigenvalue weighted by Crippen LogP contribution is -2.42.